The number of aromatic nitrogens is 3. The molecular formula is C12H10N4OS. The zero-order chi connectivity index (χ0) is 12.5. The van der Waals surface area contributed by atoms with E-state index in [0.29, 0.717) is 10.9 Å². The summed E-state index contributed by atoms with van der Waals surface area (Å²) in [5.74, 6) is 0. The van der Waals surface area contributed by atoms with E-state index in [2.05, 4.69) is 15.0 Å². The van der Waals surface area contributed by atoms with Crippen molar-refractivity contribution in [3.63, 3.8) is 0 Å². The minimum Gasteiger partial charge on any atom is -0.439 e. The van der Waals surface area contributed by atoms with Gasteiger partial charge in [0.2, 0.25) is 0 Å². The topological polar surface area (TPSA) is 77.8 Å². The van der Waals surface area contributed by atoms with E-state index in [1.165, 1.54) is 18.1 Å². The van der Waals surface area contributed by atoms with E-state index < -0.39 is 0 Å². The molecule has 0 amide bonds. The molecule has 2 aromatic heterocycles. The summed E-state index contributed by atoms with van der Waals surface area (Å²) in [4.78, 5) is 12.7. The Balaban J connectivity index is 2.06. The number of nitrogen functional groups attached to an aromatic ring is 1. The molecule has 0 aliphatic carbocycles. The molecule has 0 bridgehead atoms. The molecule has 0 atom stereocenters. The molecule has 0 saturated heterocycles. The maximum absolute atomic E-state index is 5.73. The average Bonchev–Trinajstić information content (AvgIpc) is 2.75. The van der Waals surface area contributed by atoms with Gasteiger partial charge in [0.05, 0.1) is 11.2 Å². The van der Waals surface area contributed by atoms with Gasteiger partial charge in [-0.05, 0) is 36.9 Å². The molecule has 1 aromatic carbocycles. The number of hydrogen-bond donors (Lipinski definition) is 1. The van der Waals surface area contributed by atoms with Crippen LogP contribution in [0.2, 0.25) is 0 Å². The smallest absolute Gasteiger partial charge is 0.262 e. The maximum Gasteiger partial charge on any atom is 0.262 e. The van der Waals surface area contributed by atoms with Gasteiger partial charge in [-0.25, -0.2) is 15.0 Å². The summed E-state index contributed by atoms with van der Waals surface area (Å²) in [5.41, 5.74) is 8.08. The van der Waals surface area contributed by atoms with Crippen molar-refractivity contribution < 1.29 is 4.42 Å². The molecule has 6 heteroatoms. The van der Waals surface area contributed by atoms with Crippen molar-refractivity contribution in [2.24, 2.45) is 0 Å². The van der Waals surface area contributed by atoms with Gasteiger partial charge in [0.25, 0.3) is 5.22 Å². The van der Waals surface area contributed by atoms with Crippen molar-refractivity contribution in [1.82, 2.24) is 15.0 Å². The molecule has 5 nitrogen and oxygen atoms in total. The first-order chi connectivity index (χ1) is 8.72. The SMILES string of the molecule is Cc1coc(Sc2ncnc3cc(N)ccc23)n1. The van der Waals surface area contributed by atoms with Crippen LogP contribution in [0.25, 0.3) is 10.9 Å². The van der Waals surface area contributed by atoms with E-state index in [-0.39, 0.29) is 0 Å². The highest BCUT2D eigenvalue weighted by atomic mass is 32.2. The maximum atomic E-state index is 5.73. The Morgan fingerprint density at radius 2 is 2.17 bits per heavy atom. The van der Waals surface area contributed by atoms with Gasteiger partial charge in [0.15, 0.2) is 0 Å². The van der Waals surface area contributed by atoms with E-state index in [1.54, 1.807) is 6.26 Å². The van der Waals surface area contributed by atoms with Crippen molar-refractivity contribution in [2.75, 3.05) is 5.73 Å². The highest BCUT2D eigenvalue weighted by molar-refractivity contribution is 7.99. The standard InChI is InChI=1S/C12H10N4OS/c1-7-5-17-12(16-7)18-11-9-3-2-8(13)4-10(9)14-6-15-11/h2-6H,13H2,1H3. The van der Waals surface area contributed by atoms with Crippen molar-refractivity contribution in [3.8, 4) is 0 Å². The van der Waals surface area contributed by atoms with Gasteiger partial charge in [-0.1, -0.05) is 0 Å². The van der Waals surface area contributed by atoms with Gasteiger partial charge in [0.1, 0.15) is 17.6 Å². The van der Waals surface area contributed by atoms with Crippen molar-refractivity contribution in [1.29, 1.82) is 0 Å². The van der Waals surface area contributed by atoms with Crippen LogP contribution >= 0.6 is 11.8 Å². The molecule has 0 spiro atoms. The average molecular weight is 258 g/mol. The Kier molecular flexibility index (Phi) is 2.64. The van der Waals surface area contributed by atoms with Gasteiger partial charge in [-0.15, -0.1) is 0 Å². The van der Waals surface area contributed by atoms with E-state index in [0.717, 1.165) is 21.6 Å². The number of fused-ring (bicyclic) bond motifs is 1. The predicted octanol–water partition coefficient (Wildman–Crippen LogP) is 2.66. The van der Waals surface area contributed by atoms with Crippen molar-refractivity contribution in [2.45, 2.75) is 17.2 Å². The molecule has 0 aliphatic heterocycles. The molecule has 3 aromatic rings. The minimum atomic E-state index is 0.573. The summed E-state index contributed by atoms with van der Waals surface area (Å²) >= 11 is 1.37. The Hall–Kier alpha value is -2.08. The number of benzene rings is 1. The van der Waals surface area contributed by atoms with E-state index in [1.807, 2.05) is 25.1 Å². The lowest BCUT2D eigenvalue weighted by atomic mass is 10.2. The number of aryl methyl sites for hydroxylation is 1. The molecule has 0 radical (unpaired) electrons. The minimum absolute atomic E-state index is 0.573. The summed E-state index contributed by atoms with van der Waals surface area (Å²) in [5, 5.41) is 2.32. The molecule has 0 aliphatic rings. The zero-order valence-electron chi connectivity index (χ0n) is 9.62. The van der Waals surface area contributed by atoms with Crippen LogP contribution in [-0.2, 0) is 0 Å². The fourth-order valence-electron chi connectivity index (χ4n) is 1.59. The first-order valence-electron chi connectivity index (χ1n) is 5.32. The van der Waals surface area contributed by atoms with Gasteiger partial charge in [-0.2, -0.15) is 0 Å². The first-order valence-corrected chi connectivity index (χ1v) is 6.14. The number of hydrogen-bond acceptors (Lipinski definition) is 6. The highest BCUT2D eigenvalue weighted by Crippen LogP contribution is 2.30. The molecule has 2 N–H and O–H groups in total. The molecule has 3 rings (SSSR count). The van der Waals surface area contributed by atoms with Gasteiger partial charge >= 0.3 is 0 Å². The number of nitrogens with two attached hydrogens (primary N) is 1. The summed E-state index contributed by atoms with van der Waals surface area (Å²) < 4.78 is 5.31. The fraction of sp³-hybridized carbons (Fsp3) is 0.0833. The molecule has 0 unspecified atom stereocenters. The third kappa shape index (κ3) is 2.02. The van der Waals surface area contributed by atoms with Gasteiger partial charge < -0.3 is 10.2 Å². The largest absolute Gasteiger partial charge is 0.439 e. The Morgan fingerprint density at radius 1 is 1.28 bits per heavy atom. The van der Waals surface area contributed by atoms with Crippen LogP contribution in [0.1, 0.15) is 5.69 Å². The first kappa shape index (κ1) is 11.0. The summed E-state index contributed by atoms with van der Waals surface area (Å²) in [7, 11) is 0. The summed E-state index contributed by atoms with van der Waals surface area (Å²) in [6, 6.07) is 5.56. The molecular weight excluding hydrogens is 248 g/mol. The predicted molar refractivity (Wildman–Crippen MR) is 69.3 cm³/mol. The zero-order valence-corrected chi connectivity index (χ0v) is 10.4. The second-order valence-electron chi connectivity index (χ2n) is 3.81. The Bertz CT molecular complexity index is 710. The van der Waals surface area contributed by atoms with Crippen LogP contribution < -0.4 is 5.73 Å². The quantitative estimate of drug-likeness (QED) is 0.562. The van der Waals surface area contributed by atoms with Crippen molar-refractivity contribution in [3.05, 3.63) is 36.5 Å². The number of anilines is 1. The Morgan fingerprint density at radius 3 is 2.94 bits per heavy atom. The lowest BCUT2D eigenvalue weighted by Gasteiger charge is -2.02. The van der Waals surface area contributed by atoms with Crippen LogP contribution in [0.3, 0.4) is 0 Å². The summed E-state index contributed by atoms with van der Waals surface area (Å²) in [6.45, 7) is 1.88. The lowest BCUT2D eigenvalue weighted by molar-refractivity contribution is 0.454. The molecule has 18 heavy (non-hydrogen) atoms. The molecule has 90 valence electrons. The second kappa shape index (κ2) is 4.30. The molecule has 2 heterocycles. The Labute approximate surface area is 107 Å². The third-order valence-electron chi connectivity index (χ3n) is 2.41. The van der Waals surface area contributed by atoms with E-state index >= 15 is 0 Å². The van der Waals surface area contributed by atoms with Crippen LogP contribution in [0, 0.1) is 6.92 Å². The molecule has 0 saturated carbocycles. The van der Waals surface area contributed by atoms with Crippen LogP contribution in [-0.4, -0.2) is 15.0 Å². The monoisotopic (exact) mass is 258 g/mol. The highest BCUT2D eigenvalue weighted by Gasteiger charge is 2.09. The van der Waals surface area contributed by atoms with E-state index in [4.69, 9.17) is 10.2 Å². The van der Waals surface area contributed by atoms with Crippen molar-refractivity contribution >= 4 is 28.4 Å². The fourth-order valence-corrected chi connectivity index (χ4v) is 2.43. The second-order valence-corrected chi connectivity index (χ2v) is 4.75. The van der Waals surface area contributed by atoms with Gasteiger partial charge in [0, 0.05) is 11.1 Å². The third-order valence-corrected chi connectivity index (χ3v) is 3.29. The van der Waals surface area contributed by atoms with Crippen LogP contribution in [0.4, 0.5) is 5.69 Å². The van der Waals surface area contributed by atoms with Gasteiger partial charge in [-0.3, -0.25) is 0 Å². The number of rotatable bonds is 2. The number of nitrogens with zero attached hydrogens (tertiary/aromatic N) is 3. The normalized spacial score (nSPS) is 10.9. The molecule has 0 fully saturated rings. The van der Waals surface area contributed by atoms with Crippen LogP contribution in [0.5, 0.6) is 0 Å². The van der Waals surface area contributed by atoms with E-state index in [9.17, 15) is 0 Å². The number of oxazole rings is 1. The summed E-state index contributed by atoms with van der Waals surface area (Å²) in [6.07, 6.45) is 3.13. The van der Waals surface area contributed by atoms with Crippen LogP contribution in [0.15, 0.2) is 45.5 Å². The lowest BCUT2D eigenvalue weighted by Crippen LogP contribution is -1.90.